The largest absolute Gasteiger partial charge is 0.477 e. The Balaban J connectivity index is 2.17. The van der Waals surface area contributed by atoms with Gasteiger partial charge < -0.3 is 10.1 Å². The molecule has 1 N–H and O–H groups in total. The summed E-state index contributed by atoms with van der Waals surface area (Å²) in [5.74, 6) is 1.25. The monoisotopic (exact) mass is 210 g/mol. The van der Waals surface area contributed by atoms with E-state index in [2.05, 4.69) is 24.2 Å². The Morgan fingerprint density at radius 1 is 1.67 bits per heavy atom. The van der Waals surface area contributed by atoms with Crippen LogP contribution < -0.4 is 5.32 Å². The molecule has 2 bridgehead atoms. The molecular formula is C11H18N2O2. The molecular weight excluding hydrogens is 192 g/mol. The number of carbonyl (C=O) groups excluding carboxylic acids is 1. The number of amides is 1. The molecule has 0 saturated heterocycles. The summed E-state index contributed by atoms with van der Waals surface area (Å²) in [6, 6.07) is 0.186. The van der Waals surface area contributed by atoms with E-state index in [4.69, 9.17) is 4.74 Å². The Kier molecular flexibility index (Phi) is 2.93. The van der Waals surface area contributed by atoms with Crippen molar-refractivity contribution in [1.82, 2.24) is 5.32 Å². The van der Waals surface area contributed by atoms with Crippen LogP contribution in [0.1, 0.15) is 33.1 Å². The minimum absolute atomic E-state index is 0.0206. The normalized spacial score (nSPS) is 32.1. The lowest BCUT2D eigenvalue weighted by atomic mass is 9.98. The molecule has 0 spiro atoms. The molecule has 1 amide bonds. The molecule has 15 heavy (non-hydrogen) atoms. The summed E-state index contributed by atoms with van der Waals surface area (Å²) in [4.78, 5) is 16.1. The molecule has 84 valence electrons. The van der Waals surface area contributed by atoms with Gasteiger partial charge >= 0.3 is 0 Å². The highest BCUT2D eigenvalue weighted by Gasteiger charge is 2.32. The Labute approximate surface area is 90.1 Å². The minimum atomic E-state index is -0.0206. The van der Waals surface area contributed by atoms with Crippen molar-refractivity contribution in [1.29, 1.82) is 0 Å². The van der Waals surface area contributed by atoms with Gasteiger partial charge in [0, 0.05) is 6.42 Å². The molecule has 3 unspecified atom stereocenters. The average molecular weight is 210 g/mol. The highest BCUT2D eigenvalue weighted by atomic mass is 16.5. The molecule has 4 nitrogen and oxygen atoms in total. The van der Waals surface area contributed by atoms with Gasteiger partial charge in [0.2, 0.25) is 11.8 Å². The lowest BCUT2D eigenvalue weighted by Gasteiger charge is -2.24. The van der Waals surface area contributed by atoms with Crippen molar-refractivity contribution in [3.05, 3.63) is 0 Å². The van der Waals surface area contributed by atoms with E-state index in [-0.39, 0.29) is 18.0 Å². The molecule has 0 aliphatic carbocycles. The number of fused-ring (bicyclic) bond motifs is 1. The molecule has 0 saturated carbocycles. The number of nitrogens with one attached hydrogen (secondary N) is 1. The Morgan fingerprint density at radius 2 is 2.47 bits per heavy atom. The molecule has 0 aromatic carbocycles. The van der Waals surface area contributed by atoms with Gasteiger partial charge in [-0.3, -0.25) is 4.79 Å². The summed E-state index contributed by atoms with van der Waals surface area (Å²) in [7, 11) is 0. The van der Waals surface area contributed by atoms with E-state index in [0.29, 0.717) is 18.9 Å². The van der Waals surface area contributed by atoms with Gasteiger partial charge in [-0.05, 0) is 12.3 Å². The highest BCUT2D eigenvalue weighted by molar-refractivity contribution is 5.89. The maximum atomic E-state index is 11.6. The summed E-state index contributed by atoms with van der Waals surface area (Å²) in [5, 5.41) is 3.00. The van der Waals surface area contributed by atoms with Gasteiger partial charge in [-0.25, -0.2) is 4.99 Å². The second kappa shape index (κ2) is 4.21. The molecule has 4 heteroatoms. The summed E-state index contributed by atoms with van der Waals surface area (Å²) in [6.45, 7) is 4.88. The molecule has 0 aromatic heterocycles. The van der Waals surface area contributed by atoms with Gasteiger partial charge in [0.25, 0.3) is 0 Å². The molecule has 0 aromatic rings. The zero-order chi connectivity index (χ0) is 10.8. The smallest absolute Gasteiger partial charge is 0.220 e. The Hall–Kier alpha value is -1.06. The van der Waals surface area contributed by atoms with Gasteiger partial charge in [0.1, 0.15) is 12.6 Å². The van der Waals surface area contributed by atoms with Crippen molar-refractivity contribution in [2.24, 2.45) is 10.9 Å². The van der Waals surface area contributed by atoms with Crippen molar-refractivity contribution in [2.75, 3.05) is 6.61 Å². The fraction of sp³-hybridized carbons (Fsp3) is 0.818. The zero-order valence-corrected chi connectivity index (χ0v) is 9.32. The van der Waals surface area contributed by atoms with Crippen molar-refractivity contribution in [2.45, 2.75) is 45.2 Å². The third-order valence-electron chi connectivity index (χ3n) is 3.23. The quantitative estimate of drug-likeness (QED) is 0.742. The second-order valence-electron chi connectivity index (χ2n) is 4.40. The maximum absolute atomic E-state index is 11.6. The van der Waals surface area contributed by atoms with Crippen LogP contribution in [0.2, 0.25) is 0 Å². The van der Waals surface area contributed by atoms with Gasteiger partial charge in [0.05, 0.1) is 6.04 Å². The minimum Gasteiger partial charge on any atom is -0.477 e. The topological polar surface area (TPSA) is 50.7 Å². The van der Waals surface area contributed by atoms with Gasteiger partial charge in [-0.2, -0.15) is 0 Å². The number of carbonyl (C=O) groups is 1. The predicted octanol–water partition coefficient (Wildman–Crippen LogP) is 1.11. The van der Waals surface area contributed by atoms with Crippen molar-refractivity contribution in [3.8, 4) is 0 Å². The second-order valence-corrected chi connectivity index (χ2v) is 4.40. The van der Waals surface area contributed by atoms with E-state index in [0.717, 1.165) is 18.7 Å². The Bertz CT molecular complexity index is 288. The number of hydrogen-bond donors (Lipinski definition) is 1. The molecule has 0 radical (unpaired) electrons. The summed E-state index contributed by atoms with van der Waals surface area (Å²) >= 11 is 0. The van der Waals surface area contributed by atoms with Crippen LogP contribution in [0.15, 0.2) is 4.99 Å². The first-order chi connectivity index (χ1) is 7.20. The number of hydrogen-bond acceptors (Lipinski definition) is 3. The van der Waals surface area contributed by atoms with Gasteiger partial charge in [-0.1, -0.05) is 20.3 Å². The number of nitrogens with zero attached hydrogens (tertiary/aromatic N) is 1. The fourth-order valence-corrected chi connectivity index (χ4v) is 1.98. The first-order valence-corrected chi connectivity index (χ1v) is 5.70. The number of rotatable bonds is 2. The molecule has 2 aliphatic heterocycles. The third kappa shape index (κ3) is 2.13. The van der Waals surface area contributed by atoms with E-state index in [1.165, 1.54) is 0 Å². The van der Waals surface area contributed by atoms with E-state index < -0.39 is 0 Å². The van der Waals surface area contributed by atoms with Crippen LogP contribution in [0.4, 0.5) is 0 Å². The molecule has 0 fully saturated rings. The first-order valence-electron chi connectivity index (χ1n) is 5.70. The highest BCUT2D eigenvalue weighted by Crippen LogP contribution is 2.20. The SMILES string of the molecule is CCC(C)C1NC(=O)CCC2COC1=N2. The zero-order valence-electron chi connectivity index (χ0n) is 9.32. The van der Waals surface area contributed by atoms with Crippen molar-refractivity contribution >= 4 is 11.8 Å². The summed E-state index contributed by atoms with van der Waals surface area (Å²) in [6.07, 6.45) is 2.39. The molecule has 3 atom stereocenters. The number of ether oxygens (including phenoxy) is 1. The molecule has 2 aliphatic rings. The van der Waals surface area contributed by atoms with Crippen LogP contribution >= 0.6 is 0 Å². The summed E-state index contributed by atoms with van der Waals surface area (Å²) < 4.78 is 5.56. The van der Waals surface area contributed by atoms with Crippen LogP contribution in [0.25, 0.3) is 0 Å². The summed E-state index contributed by atoms with van der Waals surface area (Å²) in [5.41, 5.74) is 0. The van der Waals surface area contributed by atoms with Crippen molar-refractivity contribution in [3.63, 3.8) is 0 Å². The predicted molar refractivity (Wildman–Crippen MR) is 57.8 cm³/mol. The third-order valence-corrected chi connectivity index (χ3v) is 3.23. The van der Waals surface area contributed by atoms with E-state index in [1.54, 1.807) is 0 Å². The Morgan fingerprint density at radius 3 is 3.20 bits per heavy atom. The maximum Gasteiger partial charge on any atom is 0.220 e. The van der Waals surface area contributed by atoms with Crippen LogP contribution in [0, 0.1) is 5.92 Å². The van der Waals surface area contributed by atoms with E-state index in [1.807, 2.05) is 0 Å². The lowest BCUT2D eigenvalue weighted by Crippen LogP contribution is -2.45. The first kappa shape index (κ1) is 10.5. The standard InChI is InChI=1S/C11H18N2O2/c1-3-7(2)10-11-12-8(6-15-11)4-5-9(14)13-10/h7-8,10H,3-6H2,1-2H3,(H,13,14). The van der Waals surface area contributed by atoms with Crippen LogP contribution in [0.5, 0.6) is 0 Å². The van der Waals surface area contributed by atoms with Crippen molar-refractivity contribution < 1.29 is 9.53 Å². The fourth-order valence-electron chi connectivity index (χ4n) is 1.98. The van der Waals surface area contributed by atoms with Crippen LogP contribution in [-0.4, -0.2) is 30.5 Å². The van der Waals surface area contributed by atoms with Gasteiger partial charge in [0.15, 0.2) is 0 Å². The molecule has 2 rings (SSSR count). The van der Waals surface area contributed by atoms with E-state index in [9.17, 15) is 4.79 Å². The van der Waals surface area contributed by atoms with E-state index >= 15 is 0 Å². The van der Waals surface area contributed by atoms with Crippen LogP contribution in [0.3, 0.4) is 0 Å². The lowest BCUT2D eigenvalue weighted by molar-refractivity contribution is -0.121. The van der Waals surface area contributed by atoms with Crippen LogP contribution in [-0.2, 0) is 9.53 Å². The van der Waals surface area contributed by atoms with Gasteiger partial charge in [-0.15, -0.1) is 0 Å². The number of aliphatic imine (C=N–C) groups is 1. The molecule has 2 heterocycles. The average Bonchev–Trinajstić information content (AvgIpc) is 2.70.